The fourth-order valence-corrected chi connectivity index (χ4v) is 1.96. The van der Waals surface area contributed by atoms with E-state index in [0.29, 0.717) is 5.02 Å². The Morgan fingerprint density at radius 1 is 1.17 bits per heavy atom. The van der Waals surface area contributed by atoms with Gasteiger partial charge in [0.2, 0.25) is 0 Å². The second-order valence-electron chi connectivity index (χ2n) is 4.35. The molecular formula is C15H16ClNO. The van der Waals surface area contributed by atoms with E-state index in [4.69, 9.17) is 22.1 Å². The highest BCUT2D eigenvalue weighted by molar-refractivity contribution is 6.30. The van der Waals surface area contributed by atoms with E-state index in [0.717, 1.165) is 23.5 Å². The summed E-state index contributed by atoms with van der Waals surface area (Å²) in [7, 11) is 0. The van der Waals surface area contributed by atoms with Gasteiger partial charge < -0.3 is 10.5 Å². The third-order valence-corrected chi connectivity index (χ3v) is 2.77. The smallest absolute Gasteiger partial charge is 0.130 e. The molecule has 1 atom stereocenters. The SMILES string of the molecule is CC(N)Cc1ccccc1Oc1cccc(Cl)c1. The molecular weight excluding hydrogens is 246 g/mol. The van der Waals surface area contributed by atoms with Gasteiger partial charge >= 0.3 is 0 Å². The Labute approximate surface area is 112 Å². The standard InChI is InChI=1S/C15H16ClNO/c1-11(17)9-12-5-2-3-8-15(12)18-14-7-4-6-13(16)10-14/h2-8,10-11H,9,17H2,1H3. The zero-order valence-corrected chi connectivity index (χ0v) is 11.0. The van der Waals surface area contributed by atoms with Gasteiger partial charge in [-0.2, -0.15) is 0 Å². The number of hydrogen-bond donors (Lipinski definition) is 1. The normalized spacial score (nSPS) is 12.2. The van der Waals surface area contributed by atoms with Crippen LogP contribution in [0.2, 0.25) is 5.02 Å². The van der Waals surface area contributed by atoms with Crippen molar-refractivity contribution in [3.63, 3.8) is 0 Å². The van der Waals surface area contributed by atoms with Crippen molar-refractivity contribution < 1.29 is 4.74 Å². The number of para-hydroxylation sites is 1. The van der Waals surface area contributed by atoms with Crippen LogP contribution in [0.15, 0.2) is 48.5 Å². The van der Waals surface area contributed by atoms with Crippen molar-refractivity contribution in [2.45, 2.75) is 19.4 Å². The number of nitrogens with two attached hydrogens (primary N) is 1. The maximum Gasteiger partial charge on any atom is 0.130 e. The first kappa shape index (κ1) is 12.9. The maximum absolute atomic E-state index is 5.94. The van der Waals surface area contributed by atoms with Crippen molar-refractivity contribution in [1.82, 2.24) is 0 Å². The summed E-state index contributed by atoms with van der Waals surface area (Å²) < 4.78 is 5.85. The van der Waals surface area contributed by atoms with Crippen LogP contribution in [0.4, 0.5) is 0 Å². The largest absolute Gasteiger partial charge is 0.457 e. The first-order chi connectivity index (χ1) is 8.65. The van der Waals surface area contributed by atoms with Crippen LogP contribution in [0.3, 0.4) is 0 Å². The van der Waals surface area contributed by atoms with Gasteiger partial charge in [0.1, 0.15) is 11.5 Å². The molecule has 0 aromatic heterocycles. The molecule has 0 aliphatic rings. The van der Waals surface area contributed by atoms with Crippen LogP contribution in [0, 0.1) is 0 Å². The van der Waals surface area contributed by atoms with Crippen LogP contribution in [0.5, 0.6) is 11.5 Å². The minimum Gasteiger partial charge on any atom is -0.457 e. The highest BCUT2D eigenvalue weighted by atomic mass is 35.5. The third kappa shape index (κ3) is 3.49. The fraction of sp³-hybridized carbons (Fsp3) is 0.200. The summed E-state index contributed by atoms with van der Waals surface area (Å²) in [5.41, 5.74) is 6.94. The number of ether oxygens (including phenoxy) is 1. The van der Waals surface area contributed by atoms with Crippen molar-refractivity contribution in [3.8, 4) is 11.5 Å². The highest BCUT2D eigenvalue weighted by Gasteiger charge is 2.06. The molecule has 0 aliphatic carbocycles. The molecule has 0 saturated heterocycles. The molecule has 2 nitrogen and oxygen atoms in total. The van der Waals surface area contributed by atoms with Gasteiger partial charge in [-0.3, -0.25) is 0 Å². The second kappa shape index (κ2) is 5.89. The Morgan fingerprint density at radius 2 is 1.94 bits per heavy atom. The van der Waals surface area contributed by atoms with E-state index >= 15 is 0 Å². The zero-order chi connectivity index (χ0) is 13.0. The molecule has 2 rings (SSSR count). The first-order valence-electron chi connectivity index (χ1n) is 5.92. The van der Waals surface area contributed by atoms with Gasteiger partial charge in [-0.15, -0.1) is 0 Å². The minimum atomic E-state index is 0.106. The predicted molar refractivity (Wildman–Crippen MR) is 75.3 cm³/mol. The Kier molecular flexibility index (Phi) is 4.24. The summed E-state index contributed by atoms with van der Waals surface area (Å²) in [6, 6.07) is 15.4. The molecule has 3 heteroatoms. The number of benzene rings is 2. The van der Waals surface area contributed by atoms with Gasteiger partial charge in [0.25, 0.3) is 0 Å². The lowest BCUT2D eigenvalue weighted by molar-refractivity contribution is 0.474. The molecule has 2 aromatic rings. The quantitative estimate of drug-likeness (QED) is 0.902. The van der Waals surface area contributed by atoms with Crippen LogP contribution in [0.25, 0.3) is 0 Å². The fourth-order valence-electron chi connectivity index (χ4n) is 1.78. The molecule has 2 N–H and O–H groups in total. The molecule has 2 aromatic carbocycles. The molecule has 0 fully saturated rings. The van der Waals surface area contributed by atoms with Gasteiger partial charge in [0.05, 0.1) is 0 Å². The molecule has 0 spiro atoms. The molecule has 18 heavy (non-hydrogen) atoms. The summed E-state index contributed by atoms with van der Waals surface area (Å²) in [6.07, 6.45) is 0.788. The van der Waals surface area contributed by atoms with E-state index < -0.39 is 0 Å². The molecule has 0 heterocycles. The van der Waals surface area contributed by atoms with Crippen LogP contribution in [-0.4, -0.2) is 6.04 Å². The van der Waals surface area contributed by atoms with Gasteiger partial charge in [-0.05, 0) is 43.2 Å². The van der Waals surface area contributed by atoms with Crippen LogP contribution < -0.4 is 10.5 Å². The van der Waals surface area contributed by atoms with Crippen molar-refractivity contribution in [2.75, 3.05) is 0 Å². The average Bonchev–Trinajstić information content (AvgIpc) is 2.31. The topological polar surface area (TPSA) is 35.2 Å². The Morgan fingerprint density at radius 3 is 2.67 bits per heavy atom. The summed E-state index contributed by atoms with van der Waals surface area (Å²) in [5.74, 6) is 1.57. The van der Waals surface area contributed by atoms with E-state index in [1.165, 1.54) is 0 Å². The van der Waals surface area contributed by atoms with Crippen LogP contribution in [-0.2, 0) is 6.42 Å². The number of rotatable bonds is 4. The summed E-state index contributed by atoms with van der Waals surface area (Å²) in [4.78, 5) is 0. The van der Waals surface area contributed by atoms with E-state index in [9.17, 15) is 0 Å². The highest BCUT2D eigenvalue weighted by Crippen LogP contribution is 2.27. The van der Waals surface area contributed by atoms with Crippen molar-refractivity contribution in [3.05, 3.63) is 59.1 Å². The van der Waals surface area contributed by atoms with E-state index in [1.54, 1.807) is 6.07 Å². The van der Waals surface area contributed by atoms with Crippen molar-refractivity contribution >= 4 is 11.6 Å². The number of hydrogen-bond acceptors (Lipinski definition) is 2. The Hall–Kier alpha value is -1.51. The summed E-state index contributed by atoms with van der Waals surface area (Å²) in [6.45, 7) is 1.98. The predicted octanol–water partition coefficient (Wildman–Crippen LogP) is 4.02. The van der Waals surface area contributed by atoms with Gasteiger partial charge in [-0.25, -0.2) is 0 Å². The van der Waals surface area contributed by atoms with Crippen molar-refractivity contribution in [1.29, 1.82) is 0 Å². The van der Waals surface area contributed by atoms with E-state index in [1.807, 2.05) is 49.4 Å². The van der Waals surface area contributed by atoms with Crippen LogP contribution >= 0.6 is 11.6 Å². The molecule has 0 saturated carbocycles. The molecule has 0 radical (unpaired) electrons. The molecule has 0 bridgehead atoms. The zero-order valence-electron chi connectivity index (χ0n) is 10.3. The first-order valence-corrected chi connectivity index (χ1v) is 6.30. The lowest BCUT2D eigenvalue weighted by Gasteiger charge is -2.12. The molecule has 0 aliphatic heterocycles. The van der Waals surface area contributed by atoms with Gasteiger partial charge in [-0.1, -0.05) is 35.9 Å². The van der Waals surface area contributed by atoms with E-state index in [-0.39, 0.29) is 6.04 Å². The lowest BCUT2D eigenvalue weighted by atomic mass is 10.1. The molecule has 0 amide bonds. The monoisotopic (exact) mass is 261 g/mol. The van der Waals surface area contributed by atoms with E-state index in [2.05, 4.69) is 0 Å². The summed E-state index contributed by atoms with van der Waals surface area (Å²) >= 11 is 5.94. The molecule has 94 valence electrons. The van der Waals surface area contributed by atoms with Crippen LogP contribution in [0.1, 0.15) is 12.5 Å². The molecule has 1 unspecified atom stereocenters. The van der Waals surface area contributed by atoms with Gasteiger partial charge in [0.15, 0.2) is 0 Å². The Balaban J connectivity index is 2.23. The second-order valence-corrected chi connectivity index (χ2v) is 4.79. The third-order valence-electron chi connectivity index (χ3n) is 2.54. The van der Waals surface area contributed by atoms with Crippen molar-refractivity contribution in [2.24, 2.45) is 5.73 Å². The summed E-state index contributed by atoms with van der Waals surface area (Å²) in [5, 5.41) is 0.664. The lowest BCUT2D eigenvalue weighted by Crippen LogP contribution is -2.18. The number of halogens is 1. The Bertz CT molecular complexity index is 525. The maximum atomic E-state index is 5.94. The van der Waals surface area contributed by atoms with Gasteiger partial charge in [0, 0.05) is 11.1 Å². The average molecular weight is 262 g/mol. The minimum absolute atomic E-state index is 0.106.